The van der Waals surface area contributed by atoms with Gasteiger partial charge in [0.15, 0.2) is 0 Å². The molecule has 0 spiro atoms. The van der Waals surface area contributed by atoms with Gasteiger partial charge in [0, 0.05) is 18.3 Å². The number of anilines is 1. The van der Waals surface area contributed by atoms with Crippen molar-refractivity contribution in [3.8, 4) is 0 Å². The molecular formula is C13H14N4S. The molecule has 2 heterocycles. The molecule has 18 heavy (non-hydrogen) atoms. The number of hydrogen-bond acceptors (Lipinski definition) is 4. The SMILES string of the molecule is Cc1cccc2c1nc(N)n2CCc1cscn1. The number of nitrogen functional groups attached to an aromatic ring is 1. The normalized spacial score (nSPS) is 11.2. The number of thiazole rings is 1. The third-order valence-electron chi connectivity index (χ3n) is 3.09. The number of hydrogen-bond donors (Lipinski definition) is 1. The van der Waals surface area contributed by atoms with Crippen LogP contribution in [-0.4, -0.2) is 14.5 Å². The summed E-state index contributed by atoms with van der Waals surface area (Å²) in [6.07, 6.45) is 0.882. The van der Waals surface area contributed by atoms with Gasteiger partial charge in [-0.25, -0.2) is 9.97 Å². The average molecular weight is 258 g/mol. The topological polar surface area (TPSA) is 56.7 Å². The van der Waals surface area contributed by atoms with Gasteiger partial charge in [-0.05, 0) is 18.6 Å². The van der Waals surface area contributed by atoms with Crippen molar-refractivity contribution in [2.45, 2.75) is 19.9 Å². The number of imidazole rings is 1. The molecule has 0 aliphatic heterocycles. The highest BCUT2D eigenvalue weighted by Crippen LogP contribution is 2.21. The van der Waals surface area contributed by atoms with Gasteiger partial charge in [0.25, 0.3) is 0 Å². The second kappa shape index (κ2) is 4.42. The Balaban J connectivity index is 1.96. The lowest BCUT2D eigenvalue weighted by Gasteiger charge is -2.05. The molecule has 0 amide bonds. The Morgan fingerprint density at radius 2 is 2.28 bits per heavy atom. The van der Waals surface area contributed by atoms with E-state index < -0.39 is 0 Å². The number of rotatable bonds is 3. The Kier molecular flexibility index (Phi) is 2.76. The smallest absolute Gasteiger partial charge is 0.201 e. The third-order valence-corrected chi connectivity index (χ3v) is 3.72. The summed E-state index contributed by atoms with van der Waals surface area (Å²) in [4.78, 5) is 8.72. The van der Waals surface area contributed by atoms with Gasteiger partial charge in [-0.3, -0.25) is 0 Å². The minimum absolute atomic E-state index is 0.578. The molecule has 0 aliphatic carbocycles. The van der Waals surface area contributed by atoms with Crippen molar-refractivity contribution in [3.05, 3.63) is 40.3 Å². The van der Waals surface area contributed by atoms with Crippen LogP contribution in [0.15, 0.2) is 29.1 Å². The summed E-state index contributed by atoms with van der Waals surface area (Å²) in [6, 6.07) is 6.16. The second-order valence-corrected chi connectivity index (χ2v) is 5.01. The van der Waals surface area contributed by atoms with Crippen molar-refractivity contribution >= 4 is 28.3 Å². The molecule has 5 heteroatoms. The van der Waals surface area contributed by atoms with Gasteiger partial charge in [0.1, 0.15) is 0 Å². The molecule has 2 aromatic heterocycles. The highest BCUT2D eigenvalue weighted by atomic mass is 32.1. The van der Waals surface area contributed by atoms with Crippen molar-refractivity contribution < 1.29 is 0 Å². The predicted octanol–water partition coefficient (Wildman–Crippen LogP) is 2.63. The Morgan fingerprint density at radius 1 is 1.39 bits per heavy atom. The van der Waals surface area contributed by atoms with Gasteiger partial charge in [0.05, 0.1) is 22.2 Å². The minimum atomic E-state index is 0.578. The van der Waals surface area contributed by atoms with Crippen LogP contribution in [-0.2, 0) is 13.0 Å². The number of aryl methyl sites for hydroxylation is 3. The number of para-hydroxylation sites is 1. The van der Waals surface area contributed by atoms with Crippen LogP contribution in [0, 0.1) is 6.92 Å². The lowest BCUT2D eigenvalue weighted by molar-refractivity contribution is 0.716. The summed E-state index contributed by atoms with van der Waals surface area (Å²) in [5, 5.41) is 2.07. The summed E-state index contributed by atoms with van der Waals surface area (Å²) < 4.78 is 2.06. The van der Waals surface area contributed by atoms with Gasteiger partial charge in [0.2, 0.25) is 5.95 Å². The molecule has 0 fully saturated rings. The molecule has 0 unspecified atom stereocenters. The molecule has 0 aliphatic rings. The molecule has 0 radical (unpaired) electrons. The molecule has 0 bridgehead atoms. The van der Waals surface area contributed by atoms with E-state index in [4.69, 9.17) is 5.73 Å². The van der Waals surface area contributed by atoms with Crippen LogP contribution in [0.5, 0.6) is 0 Å². The fraction of sp³-hybridized carbons (Fsp3) is 0.231. The zero-order chi connectivity index (χ0) is 12.5. The van der Waals surface area contributed by atoms with E-state index in [1.165, 1.54) is 0 Å². The first kappa shape index (κ1) is 11.2. The lowest BCUT2D eigenvalue weighted by Crippen LogP contribution is -2.05. The summed E-state index contributed by atoms with van der Waals surface area (Å²) >= 11 is 1.62. The quantitative estimate of drug-likeness (QED) is 0.785. The van der Waals surface area contributed by atoms with E-state index in [-0.39, 0.29) is 0 Å². The summed E-state index contributed by atoms with van der Waals surface area (Å²) in [7, 11) is 0. The van der Waals surface area contributed by atoms with E-state index in [0.29, 0.717) is 5.95 Å². The first-order valence-corrected chi connectivity index (χ1v) is 6.78. The van der Waals surface area contributed by atoms with Crippen molar-refractivity contribution in [1.82, 2.24) is 14.5 Å². The second-order valence-electron chi connectivity index (χ2n) is 4.29. The number of nitrogens with zero attached hydrogens (tertiary/aromatic N) is 3. The molecule has 3 rings (SSSR count). The monoisotopic (exact) mass is 258 g/mol. The molecule has 4 nitrogen and oxygen atoms in total. The van der Waals surface area contributed by atoms with E-state index in [9.17, 15) is 0 Å². The summed E-state index contributed by atoms with van der Waals surface area (Å²) in [6.45, 7) is 2.87. The Labute approximate surface area is 109 Å². The largest absolute Gasteiger partial charge is 0.369 e. The maximum absolute atomic E-state index is 6.00. The third kappa shape index (κ3) is 1.86. The molecule has 92 valence electrons. The molecule has 0 atom stereocenters. The van der Waals surface area contributed by atoms with Gasteiger partial charge < -0.3 is 10.3 Å². The fourth-order valence-electron chi connectivity index (χ4n) is 2.13. The molecule has 3 aromatic rings. The zero-order valence-electron chi connectivity index (χ0n) is 10.1. The Morgan fingerprint density at radius 3 is 3.06 bits per heavy atom. The number of fused-ring (bicyclic) bond motifs is 1. The molecule has 1 aromatic carbocycles. The zero-order valence-corrected chi connectivity index (χ0v) is 10.9. The highest BCUT2D eigenvalue weighted by Gasteiger charge is 2.09. The highest BCUT2D eigenvalue weighted by molar-refractivity contribution is 7.07. The number of nitrogens with two attached hydrogens (primary N) is 1. The predicted molar refractivity (Wildman–Crippen MR) is 74.7 cm³/mol. The van der Waals surface area contributed by atoms with Crippen molar-refractivity contribution in [2.75, 3.05) is 5.73 Å². The van der Waals surface area contributed by atoms with Crippen LogP contribution in [0.1, 0.15) is 11.3 Å². The molecular weight excluding hydrogens is 244 g/mol. The van der Waals surface area contributed by atoms with E-state index in [0.717, 1.165) is 35.3 Å². The Bertz CT molecular complexity index is 670. The molecule has 2 N–H and O–H groups in total. The van der Waals surface area contributed by atoms with Crippen LogP contribution in [0.4, 0.5) is 5.95 Å². The molecule has 0 saturated carbocycles. The van der Waals surface area contributed by atoms with Crippen LogP contribution < -0.4 is 5.73 Å². The van der Waals surface area contributed by atoms with Gasteiger partial charge >= 0.3 is 0 Å². The van der Waals surface area contributed by atoms with E-state index in [1.54, 1.807) is 11.3 Å². The van der Waals surface area contributed by atoms with Gasteiger partial charge in [-0.1, -0.05) is 12.1 Å². The standard InChI is InChI=1S/C13H14N4S/c1-9-3-2-4-11-12(9)16-13(14)17(11)6-5-10-7-18-8-15-10/h2-4,7-8H,5-6H2,1H3,(H2,14,16). The van der Waals surface area contributed by atoms with Crippen molar-refractivity contribution in [3.63, 3.8) is 0 Å². The van der Waals surface area contributed by atoms with Crippen molar-refractivity contribution in [1.29, 1.82) is 0 Å². The Hall–Kier alpha value is -1.88. The maximum Gasteiger partial charge on any atom is 0.201 e. The van der Waals surface area contributed by atoms with E-state index in [2.05, 4.69) is 39.0 Å². The fourth-order valence-corrected chi connectivity index (χ4v) is 2.72. The van der Waals surface area contributed by atoms with Gasteiger partial charge in [-0.15, -0.1) is 11.3 Å². The lowest BCUT2D eigenvalue weighted by atomic mass is 10.2. The van der Waals surface area contributed by atoms with Crippen LogP contribution in [0.3, 0.4) is 0 Å². The van der Waals surface area contributed by atoms with Gasteiger partial charge in [-0.2, -0.15) is 0 Å². The van der Waals surface area contributed by atoms with Crippen LogP contribution in [0.25, 0.3) is 11.0 Å². The first-order valence-electron chi connectivity index (χ1n) is 5.84. The minimum Gasteiger partial charge on any atom is -0.369 e. The number of benzene rings is 1. The maximum atomic E-state index is 6.00. The number of aromatic nitrogens is 3. The van der Waals surface area contributed by atoms with E-state index in [1.807, 2.05) is 11.6 Å². The first-order chi connectivity index (χ1) is 8.75. The van der Waals surface area contributed by atoms with Crippen LogP contribution in [0.2, 0.25) is 0 Å². The van der Waals surface area contributed by atoms with Crippen LogP contribution >= 0.6 is 11.3 Å². The van der Waals surface area contributed by atoms with E-state index >= 15 is 0 Å². The average Bonchev–Trinajstić information content (AvgIpc) is 2.95. The van der Waals surface area contributed by atoms with Crippen molar-refractivity contribution in [2.24, 2.45) is 0 Å². The summed E-state index contributed by atoms with van der Waals surface area (Å²) in [5.41, 5.74) is 12.2. The summed E-state index contributed by atoms with van der Waals surface area (Å²) in [5.74, 6) is 0.578. The molecule has 0 saturated heterocycles.